The molecule has 3 nitrogen and oxygen atoms in total. The maximum Gasteiger partial charge on any atom is 0.0995 e. The Morgan fingerprint density at radius 3 is 2.67 bits per heavy atom. The summed E-state index contributed by atoms with van der Waals surface area (Å²) in [5.41, 5.74) is 7.56. The minimum Gasteiger partial charge on any atom is -0.330 e. The lowest BCUT2D eigenvalue weighted by Gasteiger charge is -2.32. The van der Waals surface area contributed by atoms with Crippen molar-refractivity contribution in [1.29, 1.82) is 5.26 Å². The highest BCUT2D eigenvalue weighted by atomic mass is 15.1. The summed E-state index contributed by atoms with van der Waals surface area (Å²) < 4.78 is 0. The highest BCUT2D eigenvalue weighted by molar-refractivity contribution is 5.37. The Bertz CT molecular complexity index is 414. The molecule has 2 N–H and O–H groups in total. The topological polar surface area (TPSA) is 53.0 Å². The van der Waals surface area contributed by atoms with E-state index in [1.54, 1.807) is 0 Å². The molecule has 2 rings (SSSR count). The summed E-state index contributed by atoms with van der Waals surface area (Å²) in [7, 11) is 0. The zero-order valence-corrected chi connectivity index (χ0v) is 10.8. The number of nitrogens with two attached hydrogens (primary N) is 1. The fourth-order valence-electron chi connectivity index (χ4n) is 2.68. The van der Waals surface area contributed by atoms with Crippen LogP contribution in [0, 0.1) is 17.2 Å². The summed E-state index contributed by atoms with van der Waals surface area (Å²) in [4.78, 5) is 2.45. The lowest BCUT2D eigenvalue weighted by Crippen LogP contribution is -2.34. The molecule has 0 amide bonds. The molecule has 1 saturated heterocycles. The van der Waals surface area contributed by atoms with E-state index in [2.05, 4.69) is 17.0 Å². The number of piperidine rings is 1. The van der Waals surface area contributed by atoms with Crippen molar-refractivity contribution in [2.45, 2.75) is 25.8 Å². The van der Waals surface area contributed by atoms with E-state index < -0.39 is 0 Å². The van der Waals surface area contributed by atoms with Gasteiger partial charge in [-0.05, 0) is 56.4 Å². The van der Waals surface area contributed by atoms with Crippen molar-refractivity contribution in [2.24, 2.45) is 11.7 Å². The number of hydrogen-bond donors (Lipinski definition) is 1. The summed E-state index contributed by atoms with van der Waals surface area (Å²) in [6.07, 6.45) is 3.64. The largest absolute Gasteiger partial charge is 0.330 e. The van der Waals surface area contributed by atoms with Crippen molar-refractivity contribution >= 4 is 0 Å². The molecule has 1 aromatic carbocycles. The monoisotopic (exact) mass is 243 g/mol. The molecule has 0 unspecified atom stereocenters. The van der Waals surface area contributed by atoms with Crippen LogP contribution in [0.1, 0.15) is 30.4 Å². The predicted molar refractivity (Wildman–Crippen MR) is 72.8 cm³/mol. The molecule has 0 radical (unpaired) electrons. The van der Waals surface area contributed by atoms with Gasteiger partial charge in [0.2, 0.25) is 0 Å². The Kier molecular flexibility index (Phi) is 4.74. The van der Waals surface area contributed by atoms with Gasteiger partial charge in [-0.3, -0.25) is 4.90 Å². The molecular weight excluding hydrogens is 222 g/mol. The second-order valence-electron chi connectivity index (χ2n) is 5.07. The van der Waals surface area contributed by atoms with Crippen LogP contribution in [0.3, 0.4) is 0 Å². The predicted octanol–water partition coefficient (Wildman–Crippen LogP) is 2.12. The van der Waals surface area contributed by atoms with Gasteiger partial charge in [0.1, 0.15) is 0 Å². The number of rotatable bonds is 4. The van der Waals surface area contributed by atoms with Crippen molar-refractivity contribution in [1.82, 2.24) is 4.90 Å². The van der Waals surface area contributed by atoms with Crippen LogP contribution < -0.4 is 5.73 Å². The van der Waals surface area contributed by atoms with Gasteiger partial charge in [-0.2, -0.15) is 5.26 Å². The quantitative estimate of drug-likeness (QED) is 0.881. The van der Waals surface area contributed by atoms with E-state index in [0.29, 0.717) is 0 Å². The maximum absolute atomic E-state index is 9.08. The lowest BCUT2D eigenvalue weighted by molar-refractivity contribution is 0.173. The van der Waals surface area contributed by atoms with Gasteiger partial charge in [0.25, 0.3) is 0 Å². The van der Waals surface area contributed by atoms with E-state index >= 15 is 0 Å². The van der Waals surface area contributed by atoms with E-state index in [0.717, 1.165) is 49.6 Å². The van der Waals surface area contributed by atoms with Gasteiger partial charge in [0, 0.05) is 6.54 Å². The van der Waals surface area contributed by atoms with Crippen molar-refractivity contribution in [3.05, 3.63) is 35.4 Å². The zero-order chi connectivity index (χ0) is 12.8. The third-order valence-electron chi connectivity index (χ3n) is 3.81. The highest BCUT2D eigenvalue weighted by Gasteiger charge is 2.19. The summed E-state index contributed by atoms with van der Waals surface area (Å²) in [5.74, 6) is 0.803. The Morgan fingerprint density at radius 2 is 2.00 bits per heavy atom. The molecule has 0 aliphatic carbocycles. The third kappa shape index (κ3) is 3.32. The first kappa shape index (κ1) is 13.1. The van der Waals surface area contributed by atoms with Crippen LogP contribution in [0.2, 0.25) is 0 Å². The SMILES string of the molecule is N#Cc1ccccc1CN1CCC(CCN)CC1. The van der Waals surface area contributed by atoms with Crippen LogP contribution in [0.5, 0.6) is 0 Å². The number of nitriles is 1. The van der Waals surface area contributed by atoms with Crippen LogP contribution in [0.4, 0.5) is 0 Å². The maximum atomic E-state index is 9.08. The number of likely N-dealkylation sites (tertiary alicyclic amines) is 1. The number of hydrogen-bond acceptors (Lipinski definition) is 3. The van der Waals surface area contributed by atoms with E-state index in [4.69, 9.17) is 11.0 Å². The molecule has 0 spiro atoms. The van der Waals surface area contributed by atoms with Gasteiger partial charge in [0.15, 0.2) is 0 Å². The number of benzene rings is 1. The van der Waals surface area contributed by atoms with Crippen molar-refractivity contribution in [3.63, 3.8) is 0 Å². The van der Waals surface area contributed by atoms with Gasteiger partial charge >= 0.3 is 0 Å². The average Bonchev–Trinajstić information content (AvgIpc) is 2.42. The Labute approximate surface area is 109 Å². The molecular formula is C15H21N3. The van der Waals surface area contributed by atoms with Gasteiger partial charge in [0.05, 0.1) is 11.6 Å². The molecule has 96 valence electrons. The molecule has 0 aromatic heterocycles. The van der Waals surface area contributed by atoms with Gasteiger partial charge in [-0.15, -0.1) is 0 Å². The molecule has 1 aliphatic heterocycles. The first-order valence-electron chi connectivity index (χ1n) is 6.74. The molecule has 18 heavy (non-hydrogen) atoms. The second kappa shape index (κ2) is 6.53. The van der Waals surface area contributed by atoms with Crippen LogP contribution >= 0.6 is 0 Å². The Hall–Kier alpha value is -1.37. The number of nitrogens with zero attached hydrogens (tertiary/aromatic N) is 2. The Balaban J connectivity index is 1.90. The second-order valence-corrected chi connectivity index (χ2v) is 5.07. The van der Waals surface area contributed by atoms with E-state index in [1.807, 2.05) is 18.2 Å². The van der Waals surface area contributed by atoms with E-state index in [1.165, 1.54) is 12.8 Å². The molecule has 3 heteroatoms. The zero-order valence-electron chi connectivity index (χ0n) is 10.8. The van der Waals surface area contributed by atoms with Gasteiger partial charge in [-0.1, -0.05) is 18.2 Å². The van der Waals surface area contributed by atoms with E-state index in [-0.39, 0.29) is 0 Å². The summed E-state index contributed by atoms with van der Waals surface area (Å²) in [5, 5.41) is 9.08. The summed E-state index contributed by atoms with van der Waals surface area (Å²) in [6.45, 7) is 3.97. The smallest absolute Gasteiger partial charge is 0.0995 e. The molecule has 1 heterocycles. The van der Waals surface area contributed by atoms with Crippen molar-refractivity contribution < 1.29 is 0 Å². The lowest BCUT2D eigenvalue weighted by atomic mass is 9.93. The van der Waals surface area contributed by atoms with Crippen LogP contribution in [-0.4, -0.2) is 24.5 Å². The fraction of sp³-hybridized carbons (Fsp3) is 0.533. The first-order chi connectivity index (χ1) is 8.83. The van der Waals surface area contributed by atoms with Crippen LogP contribution in [0.25, 0.3) is 0 Å². The summed E-state index contributed by atoms with van der Waals surface area (Å²) in [6, 6.07) is 10.2. The molecule has 0 bridgehead atoms. The molecule has 0 atom stereocenters. The van der Waals surface area contributed by atoms with Crippen LogP contribution in [0.15, 0.2) is 24.3 Å². The standard InChI is InChI=1S/C15H21N3/c16-8-5-13-6-9-18(10-7-13)12-15-4-2-1-3-14(15)11-17/h1-4,13H,5-10,12,16H2. The molecule has 0 saturated carbocycles. The summed E-state index contributed by atoms with van der Waals surface area (Å²) >= 11 is 0. The normalized spacial score (nSPS) is 17.6. The molecule has 1 aromatic rings. The first-order valence-corrected chi connectivity index (χ1v) is 6.74. The third-order valence-corrected chi connectivity index (χ3v) is 3.81. The van der Waals surface area contributed by atoms with Gasteiger partial charge < -0.3 is 5.73 Å². The van der Waals surface area contributed by atoms with E-state index in [9.17, 15) is 0 Å². The Morgan fingerprint density at radius 1 is 1.28 bits per heavy atom. The molecule has 1 fully saturated rings. The van der Waals surface area contributed by atoms with Crippen LogP contribution in [-0.2, 0) is 6.54 Å². The highest BCUT2D eigenvalue weighted by Crippen LogP contribution is 2.21. The minimum absolute atomic E-state index is 0.803. The van der Waals surface area contributed by atoms with Crippen molar-refractivity contribution in [3.8, 4) is 6.07 Å². The minimum atomic E-state index is 0.803. The fourth-order valence-corrected chi connectivity index (χ4v) is 2.68. The van der Waals surface area contributed by atoms with Gasteiger partial charge in [-0.25, -0.2) is 0 Å². The van der Waals surface area contributed by atoms with Crippen molar-refractivity contribution in [2.75, 3.05) is 19.6 Å². The average molecular weight is 243 g/mol. The molecule has 1 aliphatic rings.